The van der Waals surface area contributed by atoms with E-state index in [1.54, 1.807) is 11.8 Å². The Bertz CT molecular complexity index is 1110. The molecule has 1 amide bonds. The number of anilines is 1. The lowest BCUT2D eigenvalue weighted by atomic mass is 10.0. The second kappa shape index (κ2) is 8.53. The van der Waals surface area contributed by atoms with Gasteiger partial charge in [0.25, 0.3) is 0 Å². The normalized spacial score (nSPS) is 13.7. The van der Waals surface area contributed by atoms with Gasteiger partial charge in [-0.1, -0.05) is 24.3 Å². The average molecular weight is 404 g/mol. The van der Waals surface area contributed by atoms with Crippen molar-refractivity contribution in [3.05, 3.63) is 65.4 Å². The summed E-state index contributed by atoms with van der Waals surface area (Å²) in [5.41, 5.74) is 3.43. The zero-order valence-electron chi connectivity index (χ0n) is 17.2. The van der Waals surface area contributed by atoms with Crippen LogP contribution >= 0.6 is 0 Å². The molecule has 6 nitrogen and oxygen atoms in total. The van der Waals surface area contributed by atoms with Crippen molar-refractivity contribution >= 4 is 28.5 Å². The third kappa shape index (κ3) is 3.85. The van der Waals surface area contributed by atoms with Gasteiger partial charge in [-0.05, 0) is 44.0 Å². The molecule has 2 heterocycles. The number of pyridine rings is 1. The van der Waals surface area contributed by atoms with Crippen molar-refractivity contribution in [1.29, 1.82) is 0 Å². The van der Waals surface area contributed by atoms with Crippen molar-refractivity contribution in [3.63, 3.8) is 0 Å². The summed E-state index contributed by atoms with van der Waals surface area (Å²) in [7, 11) is 0. The van der Waals surface area contributed by atoms with Crippen LogP contribution in [0.4, 0.5) is 5.69 Å². The first-order chi connectivity index (χ1) is 14.6. The fourth-order valence-electron chi connectivity index (χ4n) is 3.83. The zero-order valence-corrected chi connectivity index (χ0v) is 17.2. The zero-order chi connectivity index (χ0) is 21.1. The molecular weight excluding hydrogens is 380 g/mol. The van der Waals surface area contributed by atoms with Crippen molar-refractivity contribution < 1.29 is 19.1 Å². The van der Waals surface area contributed by atoms with Gasteiger partial charge in [-0.3, -0.25) is 4.79 Å². The van der Waals surface area contributed by atoms with Crippen LogP contribution < -0.4 is 9.64 Å². The number of fused-ring (bicyclic) bond motifs is 1. The first-order valence-corrected chi connectivity index (χ1v) is 10.2. The number of amides is 1. The maximum atomic E-state index is 12.6. The minimum absolute atomic E-state index is 0.122. The molecule has 3 aromatic rings. The number of para-hydroxylation sites is 1. The highest BCUT2D eigenvalue weighted by Gasteiger charge is 2.23. The topological polar surface area (TPSA) is 68.7 Å². The quantitative estimate of drug-likeness (QED) is 0.569. The van der Waals surface area contributed by atoms with E-state index in [9.17, 15) is 9.59 Å². The summed E-state index contributed by atoms with van der Waals surface area (Å²) in [6, 6.07) is 15.2. The number of benzene rings is 2. The van der Waals surface area contributed by atoms with E-state index < -0.39 is 5.97 Å². The van der Waals surface area contributed by atoms with Crippen molar-refractivity contribution in [1.82, 2.24) is 4.98 Å². The maximum absolute atomic E-state index is 12.6. The predicted octanol–water partition coefficient (Wildman–Crippen LogP) is 4.43. The number of hydrogen-bond acceptors (Lipinski definition) is 5. The number of ether oxygens (including phenoxy) is 2. The fraction of sp³-hybridized carbons (Fsp3) is 0.292. The van der Waals surface area contributed by atoms with Gasteiger partial charge in [0.15, 0.2) is 0 Å². The van der Waals surface area contributed by atoms with E-state index in [2.05, 4.69) is 4.98 Å². The van der Waals surface area contributed by atoms with Crippen LogP contribution in [0.5, 0.6) is 5.75 Å². The Morgan fingerprint density at radius 3 is 2.77 bits per heavy atom. The molecule has 154 valence electrons. The number of carbonyl (C=O) groups excluding carboxylic acids is 2. The Balaban J connectivity index is 1.64. The van der Waals surface area contributed by atoms with Gasteiger partial charge in [-0.15, -0.1) is 0 Å². The van der Waals surface area contributed by atoms with Gasteiger partial charge in [0.2, 0.25) is 5.91 Å². The Morgan fingerprint density at radius 1 is 1.17 bits per heavy atom. The van der Waals surface area contributed by atoms with Crippen LogP contribution in [0, 0.1) is 6.92 Å². The first-order valence-electron chi connectivity index (χ1n) is 10.2. The van der Waals surface area contributed by atoms with E-state index in [0.717, 1.165) is 35.1 Å². The minimum atomic E-state index is -0.400. The van der Waals surface area contributed by atoms with Crippen LogP contribution in [0.3, 0.4) is 0 Å². The van der Waals surface area contributed by atoms with E-state index in [0.29, 0.717) is 23.4 Å². The molecule has 0 saturated carbocycles. The molecule has 0 atom stereocenters. The molecule has 0 radical (unpaired) electrons. The smallest absolute Gasteiger partial charge is 0.340 e. The SMILES string of the molecule is CCOC(=O)c1c(COc2cccc(N3CCCC3=O)c2)nc2ccccc2c1C. The molecule has 6 heteroatoms. The highest BCUT2D eigenvalue weighted by Crippen LogP contribution is 2.28. The lowest BCUT2D eigenvalue weighted by Crippen LogP contribution is -2.23. The van der Waals surface area contributed by atoms with Gasteiger partial charge in [0.1, 0.15) is 12.4 Å². The van der Waals surface area contributed by atoms with E-state index in [-0.39, 0.29) is 19.1 Å². The number of carbonyl (C=O) groups is 2. The van der Waals surface area contributed by atoms with E-state index in [4.69, 9.17) is 9.47 Å². The van der Waals surface area contributed by atoms with E-state index in [1.807, 2.05) is 55.5 Å². The van der Waals surface area contributed by atoms with Gasteiger partial charge in [-0.2, -0.15) is 0 Å². The largest absolute Gasteiger partial charge is 0.487 e. The third-order valence-electron chi connectivity index (χ3n) is 5.28. The number of nitrogens with zero attached hydrogens (tertiary/aromatic N) is 2. The summed E-state index contributed by atoms with van der Waals surface area (Å²) < 4.78 is 11.3. The first kappa shape index (κ1) is 19.9. The van der Waals surface area contributed by atoms with Crippen LogP contribution in [-0.2, 0) is 16.1 Å². The second-order valence-electron chi connectivity index (χ2n) is 7.23. The van der Waals surface area contributed by atoms with Gasteiger partial charge in [0, 0.05) is 30.1 Å². The molecule has 0 bridgehead atoms. The molecule has 4 rings (SSSR count). The molecular formula is C24H24N2O4. The van der Waals surface area contributed by atoms with Crippen molar-refractivity contribution in [2.24, 2.45) is 0 Å². The van der Waals surface area contributed by atoms with Crippen molar-refractivity contribution in [3.8, 4) is 5.75 Å². The Kier molecular flexibility index (Phi) is 5.65. The Hall–Kier alpha value is -3.41. The van der Waals surface area contributed by atoms with Crippen LogP contribution in [0.25, 0.3) is 10.9 Å². The summed E-state index contributed by atoms with van der Waals surface area (Å²) in [5, 5.41) is 0.916. The number of aryl methyl sites for hydroxylation is 1. The molecule has 0 aliphatic carbocycles. The lowest BCUT2D eigenvalue weighted by Gasteiger charge is -2.17. The summed E-state index contributed by atoms with van der Waals surface area (Å²) in [5.74, 6) is 0.349. The van der Waals surface area contributed by atoms with Crippen LogP contribution in [0.15, 0.2) is 48.5 Å². The van der Waals surface area contributed by atoms with Crippen molar-refractivity contribution in [2.45, 2.75) is 33.3 Å². The molecule has 1 aromatic heterocycles. The predicted molar refractivity (Wildman–Crippen MR) is 115 cm³/mol. The molecule has 2 aromatic carbocycles. The Labute approximate surface area is 175 Å². The second-order valence-corrected chi connectivity index (χ2v) is 7.23. The highest BCUT2D eigenvalue weighted by molar-refractivity contribution is 5.98. The fourth-order valence-corrected chi connectivity index (χ4v) is 3.83. The number of rotatable bonds is 6. The monoisotopic (exact) mass is 404 g/mol. The van der Waals surface area contributed by atoms with Gasteiger partial charge in [0.05, 0.1) is 23.4 Å². The Morgan fingerprint density at radius 2 is 2.00 bits per heavy atom. The molecule has 30 heavy (non-hydrogen) atoms. The van der Waals surface area contributed by atoms with E-state index in [1.165, 1.54) is 0 Å². The molecule has 0 unspecified atom stereocenters. The van der Waals surface area contributed by atoms with E-state index >= 15 is 0 Å². The van der Waals surface area contributed by atoms with Gasteiger partial charge >= 0.3 is 5.97 Å². The number of aromatic nitrogens is 1. The van der Waals surface area contributed by atoms with Crippen LogP contribution in [0.1, 0.15) is 41.4 Å². The maximum Gasteiger partial charge on any atom is 0.340 e. The lowest BCUT2D eigenvalue weighted by molar-refractivity contribution is -0.117. The average Bonchev–Trinajstić information content (AvgIpc) is 3.18. The van der Waals surface area contributed by atoms with Crippen LogP contribution in [0.2, 0.25) is 0 Å². The third-order valence-corrected chi connectivity index (χ3v) is 5.28. The molecule has 0 spiro atoms. The summed E-state index contributed by atoms with van der Waals surface area (Å²) in [6.45, 7) is 4.82. The molecule has 1 fully saturated rings. The number of hydrogen-bond donors (Lipinski definition) is 0. The standard InChI is InChI=1S/C24H24N2O4/c1-3-29-24(28)23-16(2)19-10-4-5-11-20(19)25-21(23)15-30-18-9-6-8-17(14-18)26-13-7-12-22(26)27/h4-6,8-11,14H,3,7,12-13,15H2,1-2H3. The summed E-state index contributed by atoms with van der Waals surface area (Å²) in [4.78, 5) is 31.1. The summed E-state index contributed by atoms with van der Waals surface area (Å²) >= 11 is 0. The molecule has 1 aliphatic heterocycles. The molecule has 1 saturated heterocycles. The van der Waals surface area contributed by atoms with Crippen molar-refractivity contribution in [2.75, 3.05) is 18.1 Å². The van der Waals surface area contributed by atoms with Gasteiger partial charge < -0.3 is 14.4 Å². The summed E-state index contributed by atoms with van der Waals surface area (Å²) in [6.07, 6.45) is 1.45. The number of esters is 1. The molecule has 0 N–H and O–H groups in total. The van der Waals surface area contributed by atoms with Gasteiger partial charge in [-0.25, -0.2) is 9.78 Å². The molecule has 1 aliphatic rings. The van der Waals surface area contributed by atoms with Crippen LogP contribution in [-0.4, -0.2) is 30.0 Å². The minimum Gasteiger partial charge on any atom is -0.487 e. The highest BCUT2D eigenvalue weighted by atomic mass is 16.5.